The van der Waals surface area contributed by atoms with E-state index in [-0.39, 0.29) is 4.90 Å². The summed E-state index contributed by atoms with van der Waals surface area (Å²) in [6.45, 7) is 6.11. The van der Waals surface area contributed by atoms with Crippen molar-refractivity contribution in [1.82, 2.24) is 9.29 Å². The normalized spacial score (nSPS) is 20.8. The third-order valence-electron chi connectivity index (χ3n) is 3.13. The second kappa shape index (κ2) is 6.78. The number of hydrogen-bond donors (Lipinski definition) is 1. The molecule has 0 amide bonds. The number of rotatable bonds is 5. The van der Waals surface area contributed by atoms with E-state index in [4.69, 9.17) is 0 Å². The first-order chi connectivity index (χ1) is 9.54. The molecule has 0 aromatic carbocycles. The van der Waals surface area contributed by atoms with Crippen molar-refractivity contribution in [3.63, 3.8) is 0 Å². The van der Waals surface area contributed by atoms with E-state index < -0.39 is 10.0 Å². The molecule has 1 aliphatic heterocycles. The Kier molecular flexibility index (Phi) is 5.29. The van der Waals surface area contributed by atoms with Gasteiger partial charge in [-0.25, -0.2) is 13.4 Å². The Balaban J connectivity index is 2.12. The van der Waals surface area contributed by atoms with E-state index in [1.807, 2.05) is 11.8 Å². The third-order valence-corrected chi connectivity index (χ3v) is 6.12. The van der Waals surface area contributed by atoms with E-state index in [0.29, 0.717) is 24.2 Å². The average molecular weight is 315 g/mol. The summed E-state index contributed by atoms with van der Waals surface area (Å²) in [5, 5.41) is 3.48. The van der Waals surface area contributed by atoms with E-state index in [2.05, 4.69) is 24.1 Å². The highest BCUT2D eigenvalue weighted by atomic mass is 32.2. The Morgan fingerprint density at radius 2 is 2.30 bits per heavy atom. The van der Waals surface area contributed by atoms with Crippen LogP contribution in [0.5, 0.6) is 0 Å². The van der Waals surface area contributed by atoms with Gasteiger partial charge in [-0.05, 0) is 18.6 Å². The number of sulfonamides is 1. The van der Waals surface area contributed by atoms with Gasteiger partial charge in [0.1, 0.15) is 10.7 Å². The van der Waals surface area contributed by atoms with Crippen molar-refractivity contribution in [3.8, 4) is 0 Å². The molecular formula is C13H21N3O2S2. The maximum absolute atomic E-state index is 12.5. The van der Waals surface area contributed by atoms with Crippen molar-refractivity contribution in [2.45, 2.75) is 30.4 Å². The van der Waals surface area contributed by atoms with E-state index in [9.17, 15) is 8.42 Å². The molecule has 1 aromatic heterocycles. The van der Waals surface area contributed by atoms with Crippen LogP contribution in [-0.2, 0) is 10.0 Å². The number of pyridine rings is 1. The lowest BCUT2D eigenvalue weighted by Crippen LogP contribution is -2.40. The fourth-order valence-corrected chi connectivity index (χ4v) is 4.74. The second-order valence-corrected chi connectivity index (χ2v) is 8.33. The first-order valence-corrected chi connectivity index (χ1v) is 9.34. The van der Waals surface area contributed by atoms with Gasteiger partial charge in [0, 0.05) is 36.8 Å². The summed E-state index contributed by atoms with van der Waals surface area (Å²) >= 11 is 1.81. The lowest BCUT2D eigenvalue weighted by Gasteiger charge is -2.29. The van der Waals surface area contributed by atoms with Gasteiger partial charge in [-0.15, -0.1) is 0 Å². The first-order valence-electron chi connectivity index (χ1n) is 6.85. The molecule has 112 valence electrons. The molecular weight excluding hydrogens is 294 g/mol. The smallest absolute Gasteiger partial charge is 0.244 e. The minimum absolute atomic E-state index is 0.277. The summed E-state index contributed by atoms with van der Waals surface area (Å²) < 4.78 is 26.6. The highest BCUT2D eigenvalue weighted by Crippen LogP contribution is 2.24. The average Bonchev–Trinajstić information content (AvgIpc) is 2.45. The molecule has 2 heterocycles. The quantitative estimate of drug-likeness (QED) is 0.901. The van der Waals surface area contributed by atoms with Crippen LogP contribution >= 0.6 is 11.8 Å². The third kappa shape index (κ3) is 3.65. The lowest BCUT2D eigenvalue weighted by molar-refractivity contribution is 0.424. The first kappa shape index (κ1) is 15.6. The zero-order valence-corrected chi connectivity index (χ0v) is 13.5. The molecule has 5 nitrogen and oxygen atoms in total. The molecule has 0 aliphatic carbocycles. The van der Waals surface area contributed by atoms with Gasteiger partial charge in [0.25, 0.3) is 0 Å². The van der Waals surface area contributed by atoms with Crippen molar-refractivity contribution in [3.05, 3.63) is 18.3 Å². The fourth-order valence-electron chi connectivity index (χ4n) is 2.04. The topological polar surface area (TPSA) is 62.3 Å². The largest absolute Gasteiger partial charge is 0.370 e. The second-order valence-electron chi connectivity index (χ2n) is 4.85. The van der Waals surface area contributed by atoms with Gasteiger partial charge in [-0.2, -0.15) is 16.1 Å². The predicted octanol–water partition coefficient (Wildman–Crippen LogP) is 2.03. The van der Waals surface area contributed by atoms with Crippen LogP contribution in [0.1, 0.15) is 20.3 Å². The highest BCUT2D eigenvalue weighted by Gasteiger charge is 2.29. The van der Waals surface area contributed by atoms with E-state index in [0.717, 1.165) is 18.7 Å². The van der Waals surface area contributed by atoms with Crippen molar-refractivity contribution in [2.24, 2.45) is 0 Å². The SMILES string of the molecule is CCCNc1ccc(S(=O)(=O)N2CCSC(C)C2)cn1. The minimum Gasteiger partial charge on any atom is -0.370 e. The van der Waals surface area contributed by atoms with Gasteiger partial charge in [0.05, 0.1) is 0 Å². The van der Waals surface area contributed by atoms with Crippen LogP contribution in [0.2, 0.25) is 0 Å². The Morgan fingerprint density at radius 1 is 1.50 bits per heavy atom. The van der Waals surface area contributed by atoms with Crippen LogP contribution in [0.4, 0.5) is 5.82 Å². The highest BCUT2D eigenvalue weighted by molar-refractivity contribution is 8.00. The van der Waals surface area contributed by atoms with Gasteiger partial charge in [0.15, 0.2) is 0 Å². The van der Waals surface area contributed by atoms with Gasteiger partial charge in [0.2, 0.25) is 10.0 Å². The summed E-state index contributed by atoms with van der Waals surface area (Å²) in [5.41, 5.74) is 0. The summed E-state index contributed by atoms with van der Waals surface area (Å²) in [6.07, 6.45) is 2.45. The Labute approximate surface area is 125 Å². The number of nitrogens with one attached hydrogen (secondary N) is 1. The number of thioether (sulfide) groups is 1. The Hall–Kier alpha value is -0.790. The van der Waals surface area contributed by atoms with Crippen molar-refractivity contribution >= 4 is 27.6 Å². The predicted molar refractivity (Wildman–Crippen MR) is 83.7 cm³/mol. The number of nitrogens with zero attached hydrogens (tertiary/aromatic N) is 2. The Bertz CT molecular complexity index is 531. The molecule has 20 heavy (non-hydrogen) atoms. The standard InChI is InChI=1S/C13H21N3O2S2/c1-3-6-14-13-5-4-12(9-15-13)20(17,18)16-7-8-19-11(2)10-16/h4-5,9,11H,3,6-8,10H2,1-2H3,(H,14,15). The van der Waals surface area contributed by atoms with Crippen LogP contribution in [0.3, 0.4) is 0 Å². The Morgan fingerprint density at radius 3 is 2.90 bits per heavy atom. The van der Waals surface area contributed by atoms with Crippen LogP contribution < -0.4 is 5.32 Å². The molecule has 0 saturated carbocycles. The molecule has 1 N–H and O–H groups in total. The van der Waals surface area contributed by atoms with Gasteiger partial charge in [-0.1, -0.05) is 13.8 Å². The van der Waals surface area contributed by atoms with Crippen LogP contribution in [0.25, 0.3) is 0 Å². The molecule has 0 bridgehead atoms. The maximum Gasteiger partial charge on any atom is 0.244 e. The molecule has 7 heteroatoms. The molecule has 2 rings (SSSR count). The van der Waals surface area contributed by atoms with E-state index in [1.54, 1.807) is 16.4 Å². The summed E-state index contributed by atoms with van der Waals surface area (Å²) in [6, 6.07) is 3.36. The molecule has 1 atom stereocenters. The number of aromatic nitrogens is 1. The molecule has 1 aliphatic rings. The summed E-state index contributed by atoms with van der Waals surface area (Å²) in [4.78, 5) is 4.45. The molecule has 0 spiro atoms. The van der Waals surface area contributed by atoms with Crippen molar-refractivity contribution in [1.29, 1.82) is 0 Å². The number of anilines is 1. The van der Waals surface area contributed by atoms with Crippen molar-refractivity contribution < 1.29 is 8.42 Å². The fraction of sp³-hybridized carbons (Fsp3) is 0.615. The maximum atomic E-state index is 12.5. The molecule has 1 fully saturated rings. The lowest BCUT2D eigenvalue weighted by atomic mass is 10.4. The van der Waals surface area contributed by atoms with Gasteiger partial charge < -0.3 is 5.32 Å². The van der Waals surface area contributed by atoms with Crippen LogP contribution in [-0.4, -0.2) is 48.3 Å². The van der Waals surface area contributed by atoms with Gasteiger partial charge >= 0.3 is 0 Å². The molecule has 1 unspecified atom stereocenters. The van der Waals surface area contributed by atoms with Crippen LogP contribution in [0.15, 0.2) is 23.2 Å². The molecule has 0 radical (unpaired) electrons. The summed E-state index contributed by atoms with van der Waals surface area (Å²) in [5.74, 6) is 1.57. The van der Waals surface area contributed by atoms with Gasteiger partial charge in [-0.3, -0.25) is 0 Å². The van der Waals surface area contributed by atoms with Crippen molar-refractivity contribution in [2.75, 3.05) is 30.7 Å². The molecule has 1 aromatic rings. The monoisotopic (exact) mass is 315 g/mol. The zero-order chi connectivity index (χ0) is 14.6. The van der Waals surface area contributed by atoms with E-state index in [1.165, 1.54) is 6.20 Å². The van der Waals surface area contributed by atoms with E-state index >= 15 is 0 Å². The minimum atomic E-state index is -3.40. The zero-order valence-electron chi connectivity index (χ0n) is 11.9. The van der Waals surface area contributed by atoms with Crippen LogP contribution in [0, 0.1) is 0 Å². The number of hydrogen-bond acceptors (Lipinski definition) is 5. The molecule has 1 saturated heterocycles. The summed E-state index contributed by atoms with van der Waals surface area (Å²) in [7, 11) is -3.40.